The van der Waals surface area contributed by atoms with Crippen molar-refractivity contribution in [2.24, 2.45) is 11.8 Å². The lowest BCUT2D eigenvalue weighted by molar-refractivity contribution is -0.125. The van der Waals surface area contributed by atoms with Crippen LogP contribution < -0.4 is 15.0 Å². The average molecular weight is 468 g/mol. The van der Waals surface area contributed by atoms with E-state index in [1.54, 1.807) is 6.07 Å². The average Bonchev–Trinajstić information content (AvgIpc) is 2.74. The second-order valence-corrected chi connectivity index (χ2v) is 10.5. The zero-order valence-electron chi connectivity index (χ0n) is 19.0. The monoisotopic (exact) mass is 467 g/mol. The third-order valence-electron chi connectivity index (χ3n) is 5.64. The van der Waals surface area contributed by atoms with Crippen molar-refractivity contribution < 1.29 is 27.5 Å². The van der Waals surface area contributed by atoms with Crippen LogP contribution in [0.5, 0.6) is 5.75 Å². The highest BCUT2D eigenvalue weighted by atomic mass is 32.2. The molecule has 0 aliphatic carbocycles. The Kier molecular flexibility index (Phi) is 8.13. The number of anilines is 1. The van der Waals surface area contributed by atoms with Crippen LogP contribution in [0.25, 0.3) is 0 Å². The maximum absolute atomic E-state index is 13.3. The first-order chi connectivity index (χ1) is 15.2. The molecule has 1 saturated heterocycles. The number of sulfonamides is 1. The molecule has 9 nitrogen and oxygen atoms in total. The first-order valence-corrected chi connectivity index (χ1v) is 12.6. The first-order valence-electron chi connectivity index (χ1n) is 11.1. The molecule has 178 valence electrons. The van der Waals surface area contributed by atoms with Crippen LogP contribution in [-0.4, -0.2) is 70.5 Å². The molecule has 1 N–H and O–H groups in total. The first kappa shape index (κ1) is 24.5. The molecule has 1 aromatic carbocycles. The van der Waals surface area contributed by atoms with Gasteiger partial charge in [0.1, 0.15) is 12.3 Å². The van der Waals surface area contributed by atoms with Crippen molar-refractivity contribution in [1.82, 2.24) is 9.62 Å². The zero-order valence-corrected chi connectivity index (χ0v) is 19.8. The predicted molar refractivity (Wildman–Crippen MR) is 120 cm³/mol. The molecular formula is C22H33N3O6S. The molecule has 1 fully saturated rings. The highest BCUT2D eigenvalue weighted by Crippen LogP contribution is 2.36. The summed E-state index contributed by atoms with van der Waals surface area (Å²) in [5.41, 5.74) is 0.296. The van der Waals surface area contributed by atoms with E-state index in [-0.39, 0.29) is 35.8 Å². The molecule has 32 heavy (non-hydrogen) atoms. The van der Waals surface area contributed by atoms with Crippen LogP contribution >= 0.6 is 0 Å². The van der Waals surface area contributed by atoms with Gasteiger partial charge in [0.15, 0.2) is 6.61 Å². The lowest BCUT2D eigenvalue weighted by Gasteiger charge is -2.34. The van der Waals surface area contributed by atoms with Gasteiger partial charge in [0.25, 0.3) is 5.91 Å². The van der Waals surface area contributed by atoms with Gasteiger partial charge < -0.3 is 14.8 Å². The van der Waals surface area contributed by atoms with Gasteiger partial charge >= 0.3 is 0 Å². The van der Waals surface area contributed by atoms with E-state index >= 15 is 0 Å². The van der Waals surface area contributed by atoms with Crippen molar-refractivity contribution in [3.8, 4) is 5.75 Å². The van der Waals surface area contributed by atoms with E-state index in [9.17, 15) is 18.0 Å². The van der Waals surface area contributed by atoms with Gasteiger partial charge in [-0.15, -0.1) is 0 Å². The zero-order chi connectivity index (χ0) is 23.3. The molecule has 2 heterocycles. The summed E-state index contributed by atoms with van der Waals surface area (Å²) < 4.78 is 38.8. The fourth-order valence-corrected chi connectivity index (χ4v) is 5.91. The fraction of sp³-hybridized carbons (Fsp3) is 0.636. The standard InChI is InChI=1S/C22H33N3O6S/c1-4-30-9-5-8-23-21(26)14-25-19-11-18(6-7-20(19)31-15-22(25)27)32(28,29)24-12-16(2)10-17(3)13-24/h6-7,11,16-17H,4-5,8-10,12-15H2,1-3H3,(H,23,26)/t16-,17-/m0/s1. The number of fused-ring (bicyclic) bond motifs is 1. The van der Waals surface area contributed by atoms with Gasteiger partial charge in [-0.25, -0.2) is 8.42 Å². The van der Waals surface area contributed by atoms with Gasteiger partial charge in [0.2, 0.25) is 15.9 Å². The third-order valence-corrected chi connectivity index (χ3v) is 7.47. The molecule has 0 unspecified atom stereocenters. The van der Waals surface area contributed by atoms with E-state index in [0.29, 0.717) is 50.7 Å². The van der Waals surface area contributed by atoms with Crippen LogP contribution in [0.4, 0.5) is 5.69 Å². The molecule has 0 saturated carbocycles. The Morgan fingerprint density at radius 3 is 2.66 bits per heavy atom. The number of hydrogen-bond acceptors (Lipinski definition) is 6. The molecule has 2 atom stereocenters. The summed E-state index contributed by atoms with van der Waals surface area (Å²) in [7, 11) is -3.73. The molecule has 2 aliphatic heterocycles. The molecule has 10 heteroatoms. The number of piperidine rings is 1. The Morgan fingerprint density at radius 2 is 1.97 bits per heavy atom. The summed E-state index contributed by atoms with van der Waals surface area (Å²) >= 11 is 0. The van der Waals surface area contributed by atoms with Gasteiger partial charge in [-0.1, -0.05) is 13.8 Å². The Balaban J connectivity index is 1.77. The van der Waals surface area contributed by atoms with Gasteiger partial charge in [0, 0.05) is 32.8 Å². The van der Waals surface area contributed by atoms with Crippen molar-refractivity contribution in [2.75, 3.05) is 50.9 Å². The van der Waals surface area contributed by atoms with Gasteiger partial charge in [-0.3, -0.25) is 14.5 Å². The van der Waals surface area contributed by atoms with Gasteiger partial charge in [0.05, 0.1) is 10.6 Å². The number of nitrogens with zero attached hydrogens (tertiary/aromatic N) is 2. The fourth-order valence-electron chi connectivity index (χ4n) is 4.21. The summed E-state index contributed by atoms with van der Waals surface area (Å²) in [4.78, 5) is 26.3. The minimum atomic E-state index is -3.73. The Morgan fingerprint density at radius 1 is 1.25 bits per heavy atom. The lowest BCUT2D eigenvalue weighted by Crippen LogP contribution is -2.45. The van der Waals surface area contributed by atoms with Gasteiger partial charge in [-0.05, 0) is 49.8 Å². The summed E-state index contributed by atoms with van der Waals surface area (Å²) in [5.74, 6) is 0.220. The number of hydrogen-bond donors (Lipinski definition) is 1. The number of carbonyl (C=O) groups is 2. The number of rotatable bonds is 9. The number of nitrogens with one attached hydrogen (secondary N) is 1. The van der Waals surface area contributed by atoms with E-state index in [0.717, 1.165) is 6.42 Å². The number of amides is 2. The summed E-state index contributed by atoms with van der Waals surface area (Å²) in [6, 6.07) is 4.49. The summed E-state index contributed by atoms with van der Waals surface area (Å²) in [5, 5.41) is 2.77. The molecule has 0 spiro atoms. The summed E-state index contributed by atoms with van der Waals surface area (Å²) in [6.45, 7) is 8.13. The molecule has 3 rings (SSSR count). The SMILES string of the molecule is CCOCCCNC(=O)CN1C(=O)COc2ccc(S(=O)(=O)N3C[C@@H](C)C[C@H](C)C3)cc21. The molecule has 2 aliphatic rings. The predicted octanol–water partition coefficient (Wildman–Crippen LogP) is 1.62. The van der Waals surface area contributed by atoms with E-state index in [4.69, 9.17) is 9.47 Å². The van der Waals surface area contributed by atoms with Crippen LogP contribution in [-0.2, 0) is 24.3 Å². The highest BCUT2D eigenvalue weighted by molar-refractivity contribution is 7.89. The number of carbonyl (C=O) groups excluding carboxylic acids is 2. The van der Waals surface area contributed by atoms with Crippen molar-refractivity contribution in [3.05, 3.63) is 18.2 Å². The van der Waals surface area contributed by atoms with Crippen LogP contribution in [0, 0.1) is 11.8 Å². The van der Waals surface area contributed by atoms with E-state index < -0.39 is 15.9 Å². The van der Waals surface area contributed by atoms with Crippen LogP contribution in [0.1, 0.15) is 33.6 Å². The quantitative estimate of drug-likeness (QED) is 0.554. The van der Waals surface area contributed by atoms with E-state index in [1.807, 2.05) is 20.8 Å². The van der Waals surface area contributed by atoms with Crippen molar-refractivity contribution in [3.63, 3.8) is 0 Å². The minimum absolute atomic E-state index is 0.0953. The molecular weight excluding hydrogens is 434 g/mol. The van der Waals surface area contributed by atoms with Crippen LogP contribution in [0.2, 0.25) is 0 Å². The molecule has 0 radical (unpaired) electrons. The largest absolute Gasteiger partial charge is 0.482 e. The number of benzene rings is 1. The van der Waals surface area contributed by atoms with Crippen molar-refractivity contribution >= 4 is 27.5 Å². The molecule has 0 bridgehead atoms. The molecule has 2 amide bonds. The van der Waals surface area contributed by atoms with Crippen LogP contribution in [0.3, 0.4) is 0 Å². The second kappa shape index (κ2) is 10.6. The van der Waals surface area contributed by atoms with E-state index in [2.05, 4.69) is 5.32 Å². The number of ether oxygens (including phenoxy) is 2. The lowest BCUT2D eigenvalue weighted by atomic mass is 9.94. The Labute approximate surface area is 190 Å². The van der Waals surface area contributed by atoms with E-state index in [1.165, 1.54) is 21.3 Å². The normalized spacial score (nSPS) is 21.7. The van der Waals surface area contributed by atoms with Crippen molar-refractivity contribution in [2.45, 2.75) is 38.5 Å². The van der Waals surface area contributed by atoms with Crippen molar-refractivity contribution in [1.29, 1.82) is 0 Å². The molecule has 0 aromatic heterocycles. The van der Waals surface area contributed by atoms with Gasteiger partial charge in [-0.2, -0.15) is 4.31 Å². The second-order valence-electron chi connectivity index (χ2n) is 8.57. The topological polar surface area (TPSA) is 105 Å². The Bertz CT molecular complexity index is 926. The maximum atomic E-state index is 13.3. The smallest absolute Gasteiger partial charge is 0.265 e. The highest BCUT2D eigenvalue weighted by Gasteiger charge is 2.34. The Hall–Kier alpha value is -2.17. The molecule has 1 aromatic rings. The maximum Gasteiger partial charge on any atom is 0.265 e. The third kappa shape index (κ3) is 5.79. The van der Waals surface area contributed by atoms with Crippen LogP contribution in [0.15, 0.2) is 23.1 Å². The minimum Gasteiger partial charge on any atom is -0.482 e. The summed E-state index contributed by atoms with van der Waals surface area (Å²) in [6.07, 6.45) is 1.66.